The smallest absolute Gasteiger partial charge is 0.282 e. The molecule has 0 aliphatic carbocycles. The number of nitrogens with zero attached hydrogens (tertiary/aromatic N) is 3. The molecular formula is C16H12ClN3O2. The van der Waals surface area contributed by atoms with E-state index < -0.39 is 0 Å². The Morgan fingerprint density at radius 3 is 2.68 bits per heavy atom. The number of aromatic nitrogens is 3. The van der Waals surface area contributed by atoms with Crippen molar-refractivity contribution < 1.29 is 9.53 Å². The number of carbonyl (C=O) groups excluding carboxylic acids is 1. The molecule has 1 aromatic carbocycles. The average Bonchev–Trinajstić information content (AvgIpc) is 3.04. The molecule has 0 atom stereocenters. The molecule has 22 heavy (non-hydrogen) atoms. The first-order chi connectivity index (χ1) is 10.7. The predicted molar refractivity (Wildman–Crippen MR) is 83.2 cm³/mol. The summed E-state index contributed by atoms with van der Waals surface area (Å²) in [6.07, 6.45) is 3.18. The van der Waals surface area contributed by atoms with Gasteiger partial charge >= 0.3 is 0 Å². The van der Waals surface area contributed by atoms with Crippen molar-refractivity contribution in [1.82, 2.24) is 14.5 Å². The van der Waals surface area contributed by atoms with Gasteiger partial charge in [0.2, 0.25) is 5.88 Å². The zero-order valence-electron chi connectivity index (χ0n) is 11.7. The minimum atomic E-state index is -0.277. The van der Waals surface area contributed by atoms with Crippen molar-refractivity contribution in [3.8, 4) is 17.3 Å². The van der Waals surface area contributed by atoms with Gasteiger partial charge in [-0.25, -0.2) is 9.97 Å². The predicted octanol–water partition coefficient (Wildman–Crippen LogP) is 3.30. The molecule has 0 radical (unpaired) electrons. The Labute approximate surface area is 132 Å². The van der Waals surface area contributed by atoms with Crippen molar-refractivity contribution in [1.29, 1.82) is 0 Å². The lowest BCUT2D eigenvalue weighted by molar-refractivity contribution is 0.0956. The molecule has 110 valence electrons. The summed E-state index contributed by atoms with van der Waals surface area (Å²) in [5.41, 5.74) is 1.08. The summed E-state index contributed by atoms with van der Waals surface area (Å²) in [7, 11) is 1.51. The maximum Gasteiger partial charge on any atom is 0.282 e. The molecule has 5 nitrogen and oxygen atoms in total. The number of rotatable bonds is 3. The minimum absolute atomic E-state index is 0.277. The highest BCUT2D eigenvalue weighted by Gasteiger charge is 2.16. The second-order valence-corrected chi connectivity index (χ2v) is 4.93. The van der Waals surface area contributed by atoms with Gasteiger partial charge in [0.1, 0.15) is 11.5 Å². The fourth-order valence-electron chi connectivity index (χ4n) is 2.05. The third kappa shape index (κ3) is 2.71. The minimum Gasteiger partial charge on any atom is -0.481 e. The molecule has 2 aromatic heterocycles. The molecule has 0 saturated carbocycles. The van der Waals surface area contributed by atoms with Crippen LogP contribution >= 0.6 is 11.6 Å². The zero-order valence-corrected chi connectivity index (χ0v) is 12.5. The van der Waals surface area contributed by atoms with Gasteiger partial charge in [0.05, 0.1) is 7.11 Å². The van der Waals surface area contributed by atoms with E-state index in [9.17, 15) is 4.79 Å². The second kappa shape index (κ2) is 5.99. The molecule has 2 heterocycles. The Bertz CT molecular complexity index is 812. The lowest BCUT2D eigenvalue weighted by atomic mass is 10.2. The van der Waals surface area contributed by atoms with Crippen molar-refractivity contribution in [2.75, 3.05) is 7.11 Å². The normalized spacial score (nSPS) is 10.5. The van der Waals surface area contributed by atoms with Crippen molar-refractivity contribution in [2.24, 2.45) is 0 Å². The van der Waals surface area contributed by atoms with Gasteiger partial charge in [-0.1, -0.05) is 17.7 Å². The molecule has 0 aliphatic rings. The number of hydrogen-bond donors (Lipinski definition) is 0. The molecule has 0 aliphatic heterocycles. The first-order valence-electron chi connectivity index (χ1n) is 6.54. The van der Waals surface area contributed by atoms with Crippen LogP contribution in [-0.4, -0.2) is 27.6 Å². The van der Waals surface area contributed by atoms with Gasteiger partial charge in [-0.3, -0.25) is 9.36 Å². The quantitative estimate of drug-likeness (QED) is 0.744. The molecule has 0 unspecified atom stereocenters. The average molecular weight is 314 g/mol. The second-order valence-electron chi connectivity index (χ2n) is 4.50. The number of pyridine rings is 1. The molecule has 0 amide bonds. The lowest BCUT2D eigenvalue weighted by Gasteiger charge is -2.07. The number of methoxy groups -OCH3 is 1. The van der Waals surface area contributed by atoms with Crippen LogP contribution in [0.1, 0.15) is 10.5 Å². The van der Waals surface area contributed by atoms with E-state index in [4.69, 9.17) is 16.3 Å². The zero-order chi connectivity index (χ0) is 15.5. The Balaban J connectivity index is 2.00. The highest BCUT2D eigenvalue weighted by molar-refractivity contribution is 6.30. The summed E-state index contributed by atoms with van der Waals surface area (Å²) >= 11 is 5.89. The maximum atomic E-state index is 12.6. The Kier molecular flexibility index (Phi) is 3.89. The van der Waals surface area contributed by atoms with Crippen LogP contribution in [0.3, 0.4) is 0 Å². The van der Waals surface area contributed by atoms with E-state index in [1.807, 2.05) is 12.1 Å². The monoisotopic (exact) mass is 313 g/mol. The maximum absolute atomic E-state index is 12.6. The van der Waals surface area contributed by atoms with E-state index >= 15 is 0 Å². The Hall–Kier alpha value is -2.66. The van der Waals surface area contributed by atoms with E-state index in [0.29, 0.717) is 16.7 Å². The van der Waals surface area contributed by atoms with Gasteiger partial charge in [0, 0.05) is 29.0 Å². The van der Waals surface area contributed by atoms with Crippen LogP contribution in [0.5, 0.6) is 5.88 Å². The van der Waals surface area contributed by atoms with Crippen molar-refractivity contribution in [3.63, 3.8) is 0 Å². The fraction of sp³-hybridized carbons (Fsp3) is 0.0625. The molecule has 0 fully saturated rings. The van der Waals surface area contributed by atoms with Crippen LogP contribution in [0.15, 0.2) is 54.9 Å². The van der Waals surface area contributed by atoms with Crippen LogP contribution in [0.4, 0.5) is 0 Å². The van der Waals surface area contributed by atoms with Crippen molar-refractivity contribution in [3.05, 3.63) is 65.6 Å². The van der Waals surface area contributed by atoms with Crippen LogP contribution in [0.2, 0.25) is 5.02 Å². The number of imidazole rings is 1. The van der Waals surface area contributed by atoms with Crippen molar-refractivity contribution >= 4 is 17.5 Å². The summed E-state index contributed by atoms with van der Waals surface area (Å²) in [4.78, 5) is 21.0. The highest BCUT2D eigenvalue weighted by atomic mass is 35.5. The summed E-state index contributed by atoms with van der Waals surface area (Å²) in [6.45, 7) is 0. The molecule has 0 saturated heterocycles. The third-order valence-corrected chi connectivity index (χ3v) is 3.37. The topological polar surface area (TPSA) is 57.0 Å². The summed E-state index contributed by atoms with van der Waals surface area (Å²) < 4.78 is 6.50. The first-order valence-corrected chi connectivity index (χ1v) is 6.92. The van der Waals surface area contributed by atoms with Crippen molar-refractivity contribution in [2.45, 2.75) is 0 Å². The van der Waals surface area contributed by atoms with Gasteiger partial charge in [-0.15, -0.1) is 0 Å². The first kappa shape index (κ1) is 14.3. The number of hydrogen-bond acceptors (Lipinski definition) is 4. The largest absolute Gasteiger partial charge is 0.481 e. The van der Waals surface area contributed by atoms with Gasteiger partial charge in [0.25, 0.3) is 5.91 Å². The molecule has 0 bridgehead atoms. The van der Waals surface area contributed by atoms with Crippen LogP contribution in [-0.2, 0) is 0 Å². The molecule has 3 rings (SSSR count). The highest BCUT2D eigenvalue weighted by Crippen LogP contribution is 2.21. The Morgan fingerprint density at radius 1 is 1.18 bits per heavy atom. The number of carbonyl (C=O) groups is 1. The van der Waals surface area contributed by atoms with Gasteiger partial charge in [-0.05, 0) is 30.3 Å². The molecule has 6 heteroatoms. The van der Waals surface area contributed by atoms with Crippen LogP contribution in [0.25, 0.3) is 11.4 Å². The van der Waals surface area contributed by atoms with E-state index in [2.05, 4.69) is 9.97 Å². The van der Waals surface area contributed by atoms with E-state index in [1.54, 1.807) is 42.7 Å². The summed E-state index contributed by atoms with van der Waals surface area (Å²) in [5.74, 6) is 0.645. The molecule has 3 aromatic rings. The van der Waals surface area contributed by atoms with Crippen LogP contribution < -0.4 is 4.74 Å². The fourth-order valence-corrected chi connectivity index (χ4v) is 2.18. The summed E-state index contributed by atoms with van der Waals surface area (Å²) in [6, 6.07) is 12.2. The number of ether oxygens (including phenoxy) is 1. The van der Waals surface area contributed by atoms with E-state index in [0.717, 1.165) is 5.56 Å². The number of halogens is 1. The molecule has 0 N–H and O–H groups in total. The van der Waals surface area contributed by atoms with Gasteiger partial charge < -0.3 is 4.74 Å². The molecular weight excluding hydrogens is 302 g/mol. The lowest BCUT2D eigenvalue weighted by Crippen LogP contribution is -2.14. The third-order valence-electron chi connectivity index (χ3n) is 3.11. The van der Waals surface area contributed by atoms with E-state index in [-0.39, 0.29) is 11.6 Å². The summed E-state index contributed by atoms with van der Waals surface area (Å²) in [5, 5.41) is 0.627. The SMILES string of the molecule is COc1cccc(C(=O)n2ccnc2-c2ccc(Cl)cc2)n1. The number of benzene rings is 1. The van der Waals surface area contributed by atoms with Gasteiger partial charge in [-0.2, -0.15) is 0 Å². The Morgan fingerprint density at radius 2 is 1.95 bits per heavy atom. The molecule has 0 spiro atoms. The van der Waals surface area contributed by atoms with Gasteiger partial charge in [0.15, 0.2) is 0 Å². The van der Waals surface area contributed by atoms with Crippen LogP contribution in [0, 0.1) is 0 Å². The standard InChI is InChI=1S/C16H12ClN3O2/c1-22-14-4-2-3-13(19-14)16(21)20-10-9-18-15(20)11-5-7-12(17)8-6-11/h2-10H,1H3. The van der Waals surface area contributed by atoms with E-state index in [1.165, 1.54) is 11.7 Å².